The Hall–Kier alpha value is -2.41. The fourth-order valence-corrected chi connectivity index (χ4v) is 3.52. The van der Waals surface area contributed by atoms with Crippen molar-refractivity contribution >= 4 is 15.7 Å². The lowest BCUT2D eigenvalue weighted by Gasteiger charge is -2.16. The van der Waals surface area contributed by atoms with E-state index < -0.39 is 10.0 Å². The Balaban J connectivity index is 2.45. The second-order valence-electron chi connectivity index (χ2n) is 5.73. The number of rotatable bonds is 7. The monoisotopic (exact) mass is 365 g/mol. The summed E-state index contributed by atoms with van der Waals surface area (Å²) in [5.74, 6) is 1.71. The number of nitrogens with one attached hydrogen (secondary N) is 1. The molecular formula is C18H23NO5S. The summed E-state index contributed by atoms with van der Waals surface area (Å²) in [6, 6.07) is 9.71. The van der Waals surface area contributed by atoms with Crippen molar-refractivity contribution in [2.24, 2.45) is 0 Å². The number of anilines is 1. The van der Waals surface area contributed by atoms with E-state index in [4.69, 9.17) is 14.2 Å². The van der Waals surface area contributed by atoms with Crippen LogP contribution in [-0.4, -0.2) is 29.7 Å². The molecule has 0 saturated carbocycles. The van der Waals surface area contributed by atoms with Crippen molar-refractivity contribution in [3.63, 3.8) is 0 Å². The largest absolute Gasteiger partial charge is 0.497 e. The van der Waals surface area contributed by atoms with E-state index in [1.54, 1.807) is 37.4 Å². The smallest absolute Gasteiger partial charge is 0.262 e. The van der Waals surface area contributed by atoms with Crippen LogP contribution in [0.3, 0.4) is 0 Å². The van der Waals surface area contributed by atoms with Crippen molar-refractivity contribution in [3.05, 3.63) is 42.0 Å². The molecule has 2 aromatic rings. The van der Waals surface area contributed by atoms with Crippen molar-refractivity contribution in [1.29, 1.82) is 0 Å². The highest BCUT2D eigenvalue weighted by Gasteiger charge is 2.20. The average molecular weight is 365 g/mol. The second-order valence-corrected chi connectivity index (χ2v) is 7.41. The molecule has 7 heteroatoms. The van der Waals surface area contributed by atoms with Crippen LogP contribution in [-0.2, 0) is 10.0 Å². The minimum Gasteiger partial charge on any atom is -0.497 e. The van der Waals surface area contributed by atoms with Crippen LogP contribution in [0.15, 0.2) is 41.3 Å². The molecule has 0 amide bonds. The molecule has 25 heavy (non-hydrogen) atoms. The molecule has 0 fully saturated rings. The Bertz CT molecular complexity index is 847. The van der Waals surface area contributed by atoms with Crippen LogP contribution in [0.1, 0.15) is 25.3 Å². The molecule has 0 atom stereocenters. The fourth-order valence-electron chi connectivity index (χ4n) is 2.43. The van der Waals surface area contributed by atoms with Crippen LogP contribution >= 0.6 is 0 Å². The molecular weight excluding hydrogens is 342 g/mol. The van der Waals surface area contributed by atoms with Crippen molar-refractivity contribution < 1.29 is 22.6 Å². The normalized spacial score (nSPS) is 11.3. The molecule has 0 aromatic heterocycles. The molecule has 2 aromatic carbocycles. The first kappa shape index (κ1) is 18.9. The third kappa shape index (κ3) is 4.17. The predicted octanol–water partition coefficient (Wildman–Crippen LogP) is 3.64. The second kappa shape index (κ2) is 7.65. The summed E-state index contributed by atoms with van der Waals surface area (Å²) in [4.78, 5) is 0.155. The van der Waals surface area contributed by atoms with Gasteiger partial charge in [0.2, 0.25) is 0 Å². The minimum absolute atomic E-state index is 0.122. The fraction of sp³-hybridized carbons (Fsp3) is 0.333. The molecule has 0 spiro atoms. The summed E-state index contributed by atoms with van der Waals surface area (Å²) in [6.07, 6.45) is 0. The molecule has 0 aliphatic carbocycles. The van der Waals surface area contributed by atoms with Crippen LogP contribution in [0.2, 0.25) is 0 Å². The van der Waals surface area contributed by atoms with E-state index >= 15 is 0 Å². The lowest BCUT2D eigenvalue weighted by atomic mass is 10.0. The van der Waals surface area contributed by atoms with Gasteiger partial charge >= 0.3 is 0 Å². The maximum Gasteiger partial charge on any atom is 0.262 e. The topological polar surface area (TPSA) is 73.9 Å². The van der Waals surface area contributed by atoms with Crippen molar-refractivity contribution in [1.82, 2.24) is 0 Å². The van der Waals surface area contributed by atoms with E-state index in [0.29, 0.717) is 22.9 Å². The summed E-state index contributed by atoms with van der Waals surface area (Å²) >= 11 is 0. The van der Waals surface area contributed by atoms with Gasteiger partial charge in [-0.3, -0.25) is 4.72 Å². The van der Waals surface area contributed by atoms with Gasteiger partial charge in [-0.1, -0.05) is 13.8 Å². The molecule has 0 radical (unpaired) electrons. The Morgan fingerprint density at radius 2 is 1.52 bits per heavy atom. The Morgan fingerprint density at radius 3 is 2.08 bits per heavy atom. The molecule has 0 heterocycles. The van der Waals surface area contributed by atoms with Gasteiger partial charge in [0, 0.05) is 6.07 Å². The maximum absolute atomic E-state index is 12.8. The highest BCUT2D eigenvalue weighted by atomic mass is 32.2. The van der Waals surface area contributed by atoms with Crippen molar-refractivity contribution in [3.8, 4) is 17.2 Å². The third-order valence-electron chi connectivity index (χ3n) is 3.78. The molecule has 0 bridgehead atoms. The summed E-state index contributed by atoms with van der Waals surface area (Å²) in [5.41, 5.74) is 1.13. The molecule has 136 valence electrons. The molecule has 0 aliphatic heterocycles. The van der Waals surface area contributed by atoms with Crippen LogP contribution < -0.4 is 18.9 Å². The maximum atomic E-state index is 12.8. The van der Waals surface area contributed by atoms with Gasteiger partial charge in [-0.15, -0.1) is 0 Å². The number of sulfonamides is 1. The quantitative estimate of drug-likeness (QED) is 0.811. The molecule has 0 aliphatic rings. The predicted molar refractivity (Wildman–Crippen MR) is 97.4 cm³/mol. The first-order valence-electron chi connectivity index (χ1n) is 7.75. The van der Waals surface area contributed by atoms with E-state index in [0.717, 1.165) is 5.56 Å². The Morgan fingerprint density at radius 1 is 0.880 bits per heavy atom. The number of benzene rings is 2. The molecule has 1 N–H and O–H groups in total. The Kier molecular flexibility index (Phi) is 5.79. The van der Waals surface area contributed by atoms with Gasteiger partial charge in [-0.05, 0) is 41.8 Å². The highest BCUT2D eigenvalue weighted by Crippen LogP contribution is 2.33. The number of methoxy groups -OCH3 is 3. The zero-order chi connectivity index (χ0) is 18.6. The zero-order valence-corrected chi connectivity index (χ0v) is 15.8. The molecule has 0 saturated heterocycles. The van der Waals surface area contributed by atoms with Gasteiger partial charge in [-0.2, -0.15) is 0 Å². The van der Waals surface area contributed by atoms with Crippen LogP contribution in [0.4, 0.5) is 5.69 Å². The van der Waals surface area contributed by atoms with E-state index in [1.807, 2.05) is 13.8 Å². The van der Waals surface area contributed by atoms with Gasteiger partial charge in [-0.25, -0.2) is 8.42 Å². The Labute approximate surface area is 148 Å². The number of hydrogen-bond donors (Lipinski definition) is 1. The highest BCUT2D eigenvalue weighted by molar-refractivity contribution is 7.92. The van der Waals surface area contributed by atoms with Gasteiger partial charge in [0.15, 0.2) is 0 Å². The van der Waals surface area contributed by atoms with Gasteiger partial charge in [0.25, 0.3) is 10.0 Å². The van der Waals surface area contributed by atoms with Crippen molar-refractivity contribution in [2.45, 2.75) is 24.7 Å². The van der Waals surface area contributed by atoms with Crippen LogP contribution in [0.25, 0.3) is 0 Å². The first-order chi connectivity index (χ1) is 11.8. The summed E-state index contributed by atoms with van der Waals surface area (Å²) in [7, 11) is 0.760. The lowest BCUT2D eigenvalue weighted by molar-refractivity contribution is 0.405. The van der Waals surface area contributed by atoms with E-state index in [1.165, 1.54) is 20.3 Å². The average Bonchev–Trinajstić information content (AvgIpc) is 2.60. The molecule has 0 unspecified atom stereocenters. The number of hydrogen-bond acceptors (Lipinski definition) is 5. The SMILES string of the molecule is COc1ccc(OC)c(NS(=O)(=O)c2ccc(OC)c(C(C)C)c2)c1. The van der Waals surface area contributed by atoms with E-state index in [9.17, 15) is 8.42 Å². The zero-order valence-electron chi connectivity index (χ0n) is 15.0. The van der Waals surface area contributed by atoms with Crippen molar-refractivity contribution in [2.75, 3.05) is 26.1 Å². The van der Waals surface area contributed by atoms with Gasteiger partial charge in [0.05, 0.1) is 31.9 Å². The minimum atomic E-state index is -3.79. The number of ether oxygens (including phenoxy) is 3. The summed E-state index contributed by atoms with van der Waals surface area (Å²) in [6.45, 7) is 3.96. The standard InChI is InChI=1S/C18H23NO5S/c1-12(2)15-11-14(7-9-17(15)23-4)25(20,21)19-16-10-13(22-3)6-8-18(16)24-5/h6-12,19H,1-5H3. The summed E-state index contributed by atoms with van der Waals surface area (Å²) in [5, 5.41) is 0. The molecule has 6 nitrogen and oxygen atoms in total. The molecule has 2 rings (SSSR count). The van der Waals surface area contributed by atoms with Crippen LogP contribution in [0, 0.1) is 0 Å². The van der Waals surface area contributed by atoms with E-state index in [-0.39, 0.29) is 10.8 Å². The van der Waals surface area contributed by atoms with E-state index in [2.05, 4.69) is 4.72 Å². The lowest BCUT2D eigenvalue weighted by Crippen LogP contribution is -2.14. The first-order valence-corrected chi connectivity index (χ1v) is 9.23. The van der Waals surface area contributed by atoms with Crippen LogP contribution in [0.5, 0.6) is 17.2 Å². The third-order valence-corrected chi connectivity index (χ3v) is 5.15. The summed E-state index contributed by atoms with van der Waals surface area (Å²) < 4.78 is 43.8. The van der Waals surface area contributed by atoms with Gasteiger partial charge in [0.1, 0.15) is 17.2 Å². The van der Waals surface area contributed by atoms with Gasteiger partial charge < -0.3 is 14.2 Å².